The van der Waals surface area contributed by atoms with Crippen LogP contribution in [0.5, 0.6) is 0 Å². The fourth-order valence-corrected chi connectivity index (χ4v) is 2.22. The molecule has 0 aromatic heterocycles. The molecule has 1 atom stereocenters. The van der Waals surface area contributed by atoms with Crippen molar-refractivity contribution in [2.75, 3.05) is 26.3 Å². The predicted molar refractivity (Wildman–Crippen MR) is 66.8 cm³/mol. The molecule has 0 N–H and O–H groups in total. The van der Waals surface area contributed by atoms with Gasteiger partial charge in [0.15, 0.2) is 0 Å². The maximum Gasteiger partial charge on any atom is 0.416 e. The fraction of sp³-hybridized carbons (Fsp3) is 0.429. The van der Waals surface area contributed by atoms with Crippen LogP contribution < -0.4 is 0 Å². The summed E-state index contributed by atoms with van der Waals surface area (Å²) in [6.45, 7) is 6.59. The van der Waals surface area contributed by atoms with Crippen LogP contribution >= 0.6 is 0 Å². The van der Waals surface area contributed by atoms with Gasteiger partial charge >= 0.3 is 6.18 Å². The summed E-state index contributed by atoms with van der Waals surface area (Å²) in [5.74, 6) is 0. The number of halogens is 3. The van der Waals surface area contributed by atoms with Gasteiger partial charge in [0.2, 0.25) is 0 Å². The molecule has 1 aliphatic heterocycles. The van der Waals surface area contributed by atoms with Gasteiger partial charge in [-0.2, -0.15) is 13.2 Å². The lowest BCUT2D eigenvalue weighted by molar-refractivity contribution is -0.137. The average Bonchev–Trinajstić information content (AvgIpc) is 2.40. The summed E-state index contributed by atoms with van der Waals surface area (Å²) in [6.07, 6.45) is -2.53. The van der Waals surface area contributed by atoms with Crippen molar-refractivity contribution in [3.8, 4) is 0 Å². The minimum Gasteiger partial charge on any atom is -0.379 e. The number of nitrogens with zero attached hydrogens (tertiary/aromatic N) is 1. The van der Waals surface area contributed by atoms with E-state index < -0.39 is 11.7 Å². The Morgan fingerprint density at radius 1 is 1.16 bits per heavy atom. The zero-order valence-electron chi connectivity index (χ0n) is 10.5. The van der Waals surface area contributed by atoms with E-state index in [1.54, 1.807) is 6.08 Å². The minimum absolute atomic E-state index is 0.0637. The first-order valence-electron chi connectivity index (χ1n) is 6.14. The maximum absolute atomic E-state index is 12.5. The van der Waals surface area contributed by atoms with Crippen molar-refractivity contribution < 1.29 is 17.9 Å². The zero-order valence-corrected chi connectivity index (χ0v) is 10.5. The Labute approximate surface area is 110 Å². The summed E-state index contributed by atoms with van der Waals surface area (Å²) >= 11 is 0. The lowest BCUT2D eigenvalue weighted by Gasteiger charge is -2.33. The van der Waals surface area contributed by atoms with Gasteiger partial charge in [0.05, 0.1) is 24.8 Å². The highest BCUT2D eigenvalue weighted by atomic mass is 19.4. The molecule has 0 spiro atoms. The van der Waals surface area contributed by atoms with E-state index in [4.69, 9.17) is 4.74 Å². The first kappa shape index (κ1) is 14.1. The van der Waals surface area contributed by atoms with Crippen molar-refractivity contribution in [3.05, 3.63) is 48.0 Å². The van der Waals surface area contributed by atoms with Crippen LogP contribution in [0.2, 0.25) is 0 Å². The van der Waals surface area contributed by atoms with Crippen LogP contribution in [0.3, 0.4) is 0 Å². The summed E-state index contributed by atoms with van der Waals surface area (Å²) in [5.41, 5.74) is 0.200. The molecule has 5 heteroatoms. The van der Waals surface area contributed by atoms with E-state index in [2.05, 4.69) is 11.5 Å². The van der Waals surface area contributed by atoms with E-state index in [1.165, 1.54) is 12.1 Å². The number of benzene rings is 1. The summed E-state index contributed by atoms with van der Waals surface area (Å²) in [6, 6.07) is 5.21. The van der Waals surface area contributed by atoms with Crippen molar-refractivity contribution in [2.45, 2.75) is 12.2 Å². The molecule has 1 aromatic carbocycles. The largest absolute Gasteiger partial charge is 0.416 e. The maximum atomic E-state index is 12.5. The molecule has 19 heavy (non-hydrogen) atoms. The first-order valence-corrected chi connectivity index (χ1v) is 6.14. The molecule has 0 radical (unpaired) electrons. The molecule has 1 unspecified atom stereocenters. The molecule has 104 valence electrons. The molecule has 1 aromatic rings. The summed E-state index contributed by atoms with van der Waals surface area (Å²) in [7, 11) is 0. The molecule has 0 bridgehead atoms. The van der Waals surface area contributed by atoms with Crippen LogP contribution in [-0.2, 0) is 10.9 Å². The molecule has 1 saturated heterocycles. The smallest absolute Gasteiger partial charge is 0.379 e. The molecule has 0 amide bonds. The average molecular weight is 271 g/mol. The number of hydrogen-bond donors (Lipinski definition) is 0. The Balaban J connectivity index is 2.16. The van der Waals surface area contributed by atoms with Gasteiger partial charge in [-0.1, -0.05) is 18.2 Å². The second kappa shape index (κ2) is 5.75. The normalized spacial score (nSPS) is 19.1. The molecule has 1 aliphatic rings. The first-order chi connectivity index (χ1) is 9.02. The number of hydrogen-bond acceptors (Lipinski definition) is 2. The highest BCUT2D eigenvalue weighted by Gasteiger charge is 2.30. The Hall–Kier alpha value is -1.33. The van der Waals surface area contributed by atoms with Gasteiger partial charge in [-0.05, 0) is 17.7 Å². The summed E-state index contributed by atoms with van der Waals surface area (Å²) < 4.78 is 42.8. The minimum atomic E-state index is -4.29. The van der Waals surface area contributed by atoms with Gasteiger partial charge in [0, 0.05) is 13.1 Å². The van der Waals surface area contributed by atoms with E-state index in [9.17, 15) is 13.2 Å². The quantitative estimate of drug-likeness (QED) is 0.782. The molecule has 1 fully saturated rings. The van der Waals surface area contributed by atoms with E-state index in [0.29, 0.717) is 13.2 Å². The summed E-state index contributed by atoms with van der Waals surface area (Å²) in [5, 5.41) is 0. The van der Waals surface area contributed by atoms with E-state index in [-0.39, 0.29) is 6.04 Å². The van der Waals surface area contributed by atoms with Crippen molar-refractivity contribution >= 4 is 0 Å². The van der Waals surface area contributed by atoms with Crippen molar-refractivity contribution in [2.24, 2.45) is 0 Å². The summed E-state index contributed by atoms with van der Waals surface area (Å²) in [4.78, 5) is 2.15. The Morgan fingerprint density at radius 3 is 2.21 bits per heavy atom. The molecule has 0 aliphatic carbocycles. The number of rotatable bonds is 3. The van der Waals surface area contributed by atoms with E-state index in [1.807, 2.05) is 0 Å². The number of alkyl halides is 3. The second-order valence-corrected chi connectivity index (χ2v) is 4.45. The lowest BCUT2D eigenvalue weighted by Crippen LogP contribution is -2.38. The Bertz CT molecular complexity index is 421. The molecule has 1 heterocycles. The SMILES string of the molecule is C=CC(c1ccc(C(F)(F)F)cc1)N1CCOCC1. The van der Waals surface area contributed by atoms with Crippen molar-refractivity contribution in [3.63, 3.8) is 0 Å². The third-order valence-electron chi connectivity index (χ3n) is 3.24. The lowest BCUT2D eigenvalue weighted by atomic mass is 10.0. The number of ether oxygens (including phenoxy) is 1. The van der Waals surface area contributed by atoms with Crippen molar-refractivity contribution in [1.82, 2.24) is 4.90 Å². The molecular formula is C14H16F3NO. The Kier molecular flexibility index (Phi) is 4.27. The standard InChI is InChI=1S/C14H16F3NO/c1-2-13(18-7-9-19-10-8-18)11-3-5-12(6-4-11)14(15,16)17/h2-6,13H,1,7-10H2. The third kappa shape index (κ3) is 3.36. The van der Waals surface area contributed by atoms with E-state index >= 15 is 0 Å². The van der Waals surface area contributed by atoms with Gasteiger partial charge in [-0.15, -0.1) is 6.58 Å². The molecule has 2 rings (SSSR count). The van der Waals surface area contributed by atoms with Gasteiger partial charge < -0.3 is 4.74 Å². The third-order valence-corrected chi connectivity index (χ3v) is 3.24. The monoisotopic (exact) mass is 271 g/mol. The highest BCUT2D eigenvalue weighted by molar-refractivity contribution is 5.29. The number of morpholine rings is 1. The van der Waals surface area contributed by atoms with Crippen LogP contribution in [0.25, 0.3) is 0 Å². The zero-order chi connectivity index (χ0) is 13.9. The van der Waals surface area contributed by atoms with Gasteiger partial charge in [0.1, 0.15) is 0 Å². The molecule has 0 saturated carbocycles. The van der Waals surface area contributed by atoms with E-state index in [0.717, 1.165) is 30.8 Å². The van der Waals surface area contributed by atoms with Crippen LogP contribution in [-0.4, -0.2) is 31.2 Å². The van der Waals surface area contributed by atoms with Crippen molar-refractivity contribution in [1.29, 1.82) is 0 Å². The van der Waals surface area contributed by atoms with Gasteiger partial charge in [-0.25, -0.2) is 0 Å². The Morgan fingerprint density at radius 2 is 1.74 bits per heavy atom. The predicted octanol–water partition coefficient (Wildman–Crippen LogP) is 3.26. The topological polar surface area (TPSA) is 12.5 Å². The molecular weight excluding hydrogens is 255 g/mol. The fourth-order valence-electron chi connectivity index (χ4n) is 2.22. The molecule has 2 nitrogen and oxygen atoms in total. The highest BCUT2D eigenvalue weighted by Crippen LogP contribution is 2.31. The van der Waals surface area contributed by atoms with Crippen LogP contribution in [0.1, 0.15) is 17.2 Å². The van der Waals surface area contributed by atoms with Crippen LogP contribution in [0, 0.1) is 0 Å². The second-order valence-electron chi connectivity index (χ2n) is 4.45. The van der Waals surface area contributed by atoms with Gasteiger partial charge in [0.25, 0.3) is 0 Å². The van der Waals surface area contributed by atoms with Crippen LogP contribution in [0.4, 0.5) is 13.2 Å². The van der Waals surface area contributed by atoms with Crippen LogP contribution in [0.15, 0.2) is 36.9 Å². The van der Waals surface area contributed by atoms with Gasteiger partial charge in [-0.3, -0.25) is 4.90 Å².